The minimum Gasteiger partial charge on any atom is -0.257 e. The van der Waals surface area contributed by atoms with Gasteiger partial charge in [0.1, 0.15) is 5.69 Å². The quantitative estimate of drug-likeness (QED) is 0.426. The molecule has 0 bridgehead atoms. The fourth-order valence-electron chi connectivity index (χ4n) is 4.06. The highest BCUT2D eigenvalue weighted by molar-refractivity contribution is 5.91. The molecule has 0 saturated heterocycles. The molecule has 0 atom stereocenters. The molecule has 2 heterocycles. The zero-order valence-corrected chi connectivity index (χ0v) is 14.7. The van der Waals surface area contributed by atoms with Crippen molar-refractivity contribution in [2.45, 2.75) is 20.3 Å². The van der Waals surface area contributed by atoms with Crippen molar-refractivity contribution in [3.05, 3.63) is 77.2 Å². The van der Waals surface area contributed by atoms with E-state index in [0.717, 1.165) is 12.1 Å². The van der Waals surface area contributed by atoms with E-state index in [-0.39, 0.29) is 0 Å². The summed E-state index contributed by atoms with van der Waals surface area (Å²) >= 11 is 0. The number of para-hydroxylation sites is 1. The Morgan fingerprint density at radius 1 is 0.960 bits per heavy atom. The first-order valence-corrected chi connectivity index (χ1v) is 8.69. The van der Waals surface area contributed by atoms with Crippen molar-refractivity contribution in [2.24, 2.45) is 7.05 Å². The van der Waals surface area contributed by atoms with Crippen LogP contribution in [0.2, 0.25) is 0 Å². The number of rotatable bonds is 1. The number of fused-ring (bicyclic) bond motifs is 5. The zero-order chi connectivity index (χ0) is 17.1. The lowest BCUT2D eigenvalue weighted by Gasteiger charge is -2.03. The second kappa shape index (κ2) is 5.03. The predicted octanol–water partition coefficient (Wildman–Crippen LogP) is 4.04. The van der Waals surface area contributed by atoms with E-state index in [1.54, 1.807) is 0 Å². The molecule has 1 aliphatic carbocycles. The monoisotopic (exact) mass is 326 g/mol. The molecule has 2 aromatic heterocycles. The highest BCUT2D eigenvalue weighted by Crippen LogP contribution is 2.39. The average Bonchev–Trinajstić information content (AvgIpc) is 3.13. The molecule has 25 heavy (non-hydrogen) atoms. The number of aromatic nitrogens is 3. The third kappa shape index (κ3) is 1.99. The van der Waals surface area contributed by atoms with Crippen molar-refractivity contribution in [2.75, 3.05) is 0 Å². The third-order valence-corrected chi connectivity index (χ3v) is 5.37. The van der Waals surface area contributed by atoms with Crippen LogP contribution >= 0.6 is 0 Å². The first kappa shape index (κ1) is 14.4. The van der Waals surface area contributed by atoms with Crippen molar-refractivity contribution in [1.29, 1.82) is 0 Å². The first-order chi connectivity index (χ1) is 12.1. The second-order valence-electron chi connectivity index (χ2n) is 6.93. The SMILES string of the molecule is Cc1ccc2c(n1)Cc1c-2ccc2c1cn(-c1ccccc1C)[n+]2C. The van der Waals surface area contributed by atoms with Gasteiger partial charge in [0.05, 0.1) is 17.3 Å². The summed E-state index contributed by atoms with van der Waals surface area (Å²) in [5.41, 5.74) is 10.1. The Morgan fingerprint density at radius 2 is 1.76 bits per heavy atom. The smallest absolute Gasteiger partial charge is 0.239 e. The standard InChI is InChI=1S/C22H20N3/c1-14-6-4-5-7-21(14)25-13-19-18-12-20-17(9-8-15(2)23-20)16(18)10-11-22(19)24(25)3/h4-11,13H,12H2,1-3H3/q+1. The van der Waals surface area contributed by atoms with Crippen LogP contribution in [-0.4, -0.2) is 9.67 Å². The maximum absolute atomic E-state index is 4.76. The highest BCUT2D eigenvalue weighted by Gasteiger charge is 2.26. The van der Waals surface area contributed by atoms with E-state index >= 15 is 0 Å². The molecule has 0 amide bonds. The first-order valence-electron chi connectivity index (χ1n) is 8.69. The molecule has 0 fully saturated rings. The van der Waals surface area contributed by atoms with Gasteiger partial charge in [0.25, 0.3) is 0 Å². The molecular weight excluding hydrogens is 306 g/mol. The lowest BCUT2D eigenvalue weighted by Crippen LogP contribution is -2.38. The molecule has 0 unspecified atom stereocenters. The van der Waals surface area contributed by atoms with Crippen LogP contribution in [-0.2, 0) is 13.5 Å². The maximum Gasteiger partial charge on any atom is 0.239 e. The van der Waals surface area contributed by atoms with Gasteiger partial charge in [0.15, 0.2) is 7.05 Å². The molecule has 122 valence electrons. The topological polar surface area (TPSA) is 21.7 Å². The van der Waals surface area contributed by atoms with Gasteiger partial charge in [0, 0.05) is 23.7 Å². The fraction of sp³-hybridized carbons (Fsp3) is 0.182. The van der Waals surface area contributed by atoms with Crippen LogP contribution in [0.4, 0.5) is 0 Å². The number of hydrogen-bond donors (Lipinski definition) is 0. The molecule has 0 N–H and O–H groups in total. The van der Waals surface area contributed by atoms with Gasteiger partial charge in [-0.05, 0) is 48.7 Å². The summed E-state index contributed by atoms with van der Waals surface area (Å²) in [5, 5.41) is 1.32. The van der Waals surface area contributed by atoms with E-state index < -0.39 is 0 Å². The van der Waals surface area contributed by atoms with Crippen LogP contribution in [0.15, 0.2) is 54.7 Å². The Hall–Kier alpha value is -2.94. The van der Waals surface area contributed by atoms with E-state index in [0.29, 0.717) is 0 Å². The molecule has 3 heteroatoms. The van der Waals surface area contributed by atoms with Crippen molar-refractivity contribution in [3.8, 4) is 16.8 Å². The Kier molecular flexibility index (Phi) is 2.90. The molecule has 0 radical (unpaired) electrons. The van der Waals surface area contributed by atoms with Crippen molar-refractivity contribution in [1.82, 2.24) is 9.67 Å². The summed E-state index contributed by atoms with van der Waals surface area (Å²) in [7, 11) is 2.13. The molecule has 5 rings (SSSR count). The van der Waals surface area contributed by atoms with Crippen molar-refractivity contribution < 1.29 is 4.68 Å². The normalized spacial score (nSPS) is 12.4. The van der Waals surface area contributed by atoms with Crippen LogP contribution in [0.5, 0.6) is 0 Å². The minimum absolute atomic E-state index is 0.918. The number of hydrogen-bond acceptors (Lipinski definition) is 1. The lowest BCUT2D eigenvalue weighted by molar-refractivity contribution is -0.720. The lowest BCUT2D eigenvalue weighted by atomic mass is 10.0. The molecule has 1 aliphatic rings. The number of benzene rings is 2. The molecule has 0 aliphatic heterocycles. The molecule has 0 spiro atoms. The van der Waals surface area contributed by atoms with Gasteiger partial charge in [-0.3, -0.25) is 4.98 Å². The Morgan fingerprint density at radius 3 is 2.60 bits per heavy atom. The van der Waals surface area contributed by atoms with Crippen LogP contribution in [0.3, 0.4) is 0 Å². The summed E-state index contributed by atoms with van der Waals surface area (Å²) in [6.07, 6.45) is 3.19. The summed E-state index contributed by atoms with van der Waals surface area (Å²) in [6, 6.07) is 17.3. The molecule has 2 aromatic carbocycles. The molecule has 3 nitrogen and oxygen atoms in total. The van der Waals surface area contributed by atoms with E-state index in [1.165, 1.54) is 44.5 Å². The fourth-order valence-corrected chi connectivity index (χ4v) is 4.06. The van der Waals surface area contributed by atoms with Crippen molar-refractivity contribution >= 4 is 10.9 Å². The van der Waals surface area contributed by atoms with E-state index in [9.17, 15) is 0 Å². The number of pyridine rings is 1. The van der Waals surface area contributed by atoms with Gasteiger partial charge in [-0.2, -0.15) is 0 Å². The molecule has 4 aromatic rings. The van der Waals surface area contributed by atoms with Crippen molar-refractivity contribution in [3.63, 3.8) is 0 Å². The Bertz CT molecular complexity index is 1150. The Labute approximate surface area is 147 Å². The van der Waals surface area contributed by atoms with Crippen LogP contribution in [0.25, 0.3) is 27.7 Å². The van der Waals surface area contributed by atoms with E-state index in [1.807, 2.05) is 0 Å². The second-order valence-corrected chi connectivity index (χ2v) is 6.93. The highest BCUT2D eigenvalue weighted by atomic mass is 15.4. The van der Waals surface area contributed by atoms with Crippen LogP contribution in [0, 0.1) is 13.8 Å². The van der Waals surface area contributed by atoms with Gasteiger partial charge >= 0.3 is 0 Å². The van der Waals surface area contributed by atoms with E-state index in [4.69, 9.17) is 4.98 Å². The predicted molar refractivity (Wildman–Crippen MR) is 100.0 cm³/mol. The summed E-state index contributed by atoms with van der Waals surface area (Å²) in [6.45, 7) is 4.22. The van der Waals surface area contributed by atoms with Crippen LogP contribution in [0.1, 0.15) is 22.5 Å². The summed E-state index contributed by atoms with van der Waals surface area (Å²) in [5.74, 6) is 0. The largest absolute Gasteiger partial charge is 0.257 e. The summed E-state index contributed by atoms with van der Waals surface area (Å²) < 4.78 is 4.49. The number of nitrogens with zero attached hydrogens (tertiary/aromatic N) is 3. The Balaban J connectivity index is 1.77. The molecule has 0 saturated carbocycles. The van der Waals surface area contributed by atoms with E-state index in [2.05, 4.69) is 85.0 Å². The average molecular weight is 326 g/mol. The van der Waals surface area contributed by atoms with Gasteiger partial charge in [0.2, 0.25) is 5.52 Å². The zero-order valence-electron chi connectivity index (χ0n) is 14.7. The summed E-state index contributed by atoms with van der Waals surface area (Å²) in [4.78, 5) is 4.76. The third-order valence-electron chi connectivity index (χ3n) is 5.37. The minimum atomic E-state index is 0.918. The molecular formula is C22H20N3+. The van der Waals surface area contributed by atoms with Gasteiger partial charge in [-0.15, -0.1) is 9.36 Å². The van der Waals surface area contributed by atoms with Gasteiger partial charge in [-0.25, -0.2) is 0 Å². The van der Waals surface area contributed by atoms with Crippen LogP contribution < -0.4 is 4.68 Å². The number of aryl methyl sites for hydroxylation is 3. The van der Waals surface area contributed by atoms with Gasteiger partial charge < -0.3 is 0 Å². The maximum atomic E-state index is 4.76. The van der Waals surface area contributed by atoms with Gasteiger partial charge in [-0.1, -0.05) is 24.3 Å².